The molecule has 1 N–H and O–H groups in total. The number of pyridine rings is 1. The second-order valence-electron chi connectivity index (χ2n) is 5.49. The molecule has 1 aliphatic heterocycles. The van der Waals surface area contributed by atoms with Crippen LogP contribution in [0.3, 0.4) is 0 Å². The van der Waals surface area contributed by atoms with Gasteiger partial charge < -0.3 is 5.32 Å². The predicted molar refractivity (Wildman–Crippen MR) is 77.0 cm³/mol. The number of benzene rings is 1. The molecule has 3 atom stereocenters. The molecule has 0 bridgehead atoms. The highest BCUT2D eigenvalue weighted by atomic mass is 19.1. The van der Waals surface area contributed by atoms with Crippen molar-refractivity contribution in [3.05, 3.63) is 71.8 Å². The Morgan fingerprint density at radius 1 is 1.15 bits per heavy atom. The Morgan fingerprint density at radius 2 is 2.00 bits per heavy atom. The van der Waals surface area contributed by atoms with Gasteiger partial charge in [-0.3, -0.25) is 4.98 Å². The van der Waals surface area contributed by atoms with Gasteiger partial charge in [0.05, 0.1) is 6.04 Å². The van der Waals surface area contributed by atoms with Gasteiger partial charge in [-0.2, -0.15) is 0 Å². The normalized spacial score (nSPS) is 26.8. The van der Waals surface area contributed by atoms with Crippen LogP contribution in [0.2, 0.25) is 0 Å². The number of rotatable bonds is 1. The quantitative estimate of drug-likeness (QED) is 0.788. The van der Waals surface area contributed by atoms with Crippen molar-refractivity contribution in [2.45, 2.75) is 18.4 Å². The van der Waals surface area contributed by atoms with Gasteiger partial charge >= 0.3 is 0 Å². The van der Waals surface area contributed by atoms with Crippen molar-refractivity contribution in [3.8, 4) is 0 Å². The average molecular weight is 266 g/mol. The summed E-state index contributed by atoms with van der Waals surface area (Å²) in [4.78, 5) is 4.09. The lowest BCUT2D eigenvalue weighted by molar-refractivity contribution is 0.424. The van der Waals surface area contributed by atoms with Crippen LogP contribution in [0, 0.1) is 11.7 Å². The number of fused-ring (bicyclic) bond motifs is 3. The van der Waals surface area contributed by atoms with Crippen molar-refractivity contribution in [2.24, 2.45) is 5.92 Å². The van der Waals surface area contributed by atoms with E-state index in [-0.39, 0.29) is 11.9 Å². The molecule has 0 unspecified atom stereocenters. The Kier molecular flexibility index (Phi) is 2.59. The minimum atomic E-state index is -0.160. The van der Waals surface area contributed by atoms with Gasteiger partial charge in [0.2, 0.25) is 0 Å². The molecule has 0 fully saturated rings. The summed E-state index contributed by atoms with van der Waals surface area (Å²) in [5.41, 5.74) is 3.36. The van der Waals surface area contributed by atoms with E-state index in [9.17, 15) is 4.39 Å². The van der Waals surface area contributed by atoms with Crippen LogP contribution in [0.25, 0.3) is 0 Å². The second-order valence-corrected chi connectivity index (χ2v) is 5.49. The first-order valence-electron chi connectivity index (χ1n) is 6.95. The maximum Gasteiger partial charge on any atom is 0.123 e. The first-order valence-corrected chi connectivity index (χ1v) is 6.95. The van der Waals surface area contributed by atoms with Gasteiger partial charge in [0.25, 0.3) is 0 Å². The van der Waals surface area contributed by atoms with Gasteiger partial charge in [-0.25, -0.2) is 4.39 Å². The maximum absolute atomic E-state index is 13.5. The Hall–Kier alpha value is -2.16. The fourth-order valence-corrected chi connectivity index (χ4v) is 3.47. The number of nitrogens with one attached hydrogen (secondary N) is 1. The lowest BCUT2D eigenvalue weighted by atomic mass is 9.77. The molecule has 3 heteroatoms. The Balaban J connectivity index is 1.80. The summed E-state index contributed by atoms with van der Waals surface area (Å²) in [7, 11) is 0. The third-order valence-electron chi connectivity index (χ3n) is 4.39. The third-order valence-corrected chi connectivity index (χ3v) is 4.39. The molecule has 20 heavy (non-hydrogen) atoms. The number of halogens is 1. The van der Waals surface area contributed by atoms with E-state index in [1.165, 1.54) is 11.6 Å². The van der Waals surface area contributed by atoms with Crippen LogP contribution in [-0.2, 0) is 0 Å². The molecule has 2 nitrogen and oxygen atoms in total. The highest BCUT2D eigenvalue weighted by Crippen LogP contribution is 2.49. The van der Waals surface area contributed by atoms with E-state index >= 15 is 0 Å². The van der Waals surface area contributed by atoms with Crippen LogP contribution in [0.15, 0.2) is 54.9 Å². The molecule has 2 aromatic rings. The molecular formula is C17H15FN2. The number of aromatic nitrogens is 1. The second kappa shape index (κ2) is 4.44. The molecule has 2 aliphatic rings. The van der Waals surface area contributed by atoms with Crippen LogP contribution in [-0.4, -0.2) is 4.98 Å². The number of allylic oxidation sites excluding steroid dienone is 2. The monoisotopic (exact) mass is 266 g/mol. The summed E-state index contributed by atoms with van der Waals surface area (Å²) < 4.78 is 13.5. The molecule has 0 saturated carbocycles. The lowest BCUT2D eigenvalue weighted by Crippen LogP contribution is -2.29. The van der Waals surface area contributed by atoms with Crippen molar-refractivity contribution in [1.82, 2.24) is 4.98 Å². The number of hydrogen-bond donors (Lipinski definition) is 1. The first-order chi connectivity index (χ1) is 9.83. The molecule has 0 amide bonds. The Bertz CT molecular complexity index is 666. The highest BCUT2D eigenvalue weighted by Gasteiger charge is 2.37. The maximum atomic E-state index is 13.5. The average Bonchev–Trinajstić information content (AvgIpc) is 2.97. The van der Waals surface area contributed by atoms with E-state index in [2.05, 4.69) is 34.6 Å². The van der Waals surface area contributed by atoms with E-state index < -0.39 is 0 Å². The SMILES string of the molecule is Fc1ccc2c(c1)[C@@H]1C=CC[C@@H]1[C@H](c1ccncc1)N2. The smallest absolute Gasteiger partial charge is 0.123 e. The minimum Gasteiger partial charge on any atom is -0.378 e. The largest absolute Gasteiger partial charge is 0.378 e. The van der Waals surface area contributed by atoms with Gasteiger partial charge in [-0.15, -0.1) is 0 Å². The molecule has 2 heterocycles. The lowest BCUT2D eigenvalue weighted by Gasteiger charge is -2.37. The third kappa shape index (κ3) is 1.73. The van der Waals surface area contributed by atoms with Crippen LogP contribution < -0.4 is 5.32 Å². The number of nitrogens with zero attached hydrogens (tertiary/aromatic N) is 1. The molecule has 0 spiro atoms. The predicted octanol–water partition coefficient (Wildman–Crippen LogP) is 4.05. The molecule has 1 aromatic heterocycles. The van der Waals surface area contributed by atoms with Crippen LogP contribution in [0.1, 0.15) is 29.5 Å². The van der Waals surface area contributed by atoms with E-state index in [0.29, 0.717) is 11.8 Å². The molecule has 1 aromatic carbocycles. The van der Waals surface area contributed by atoms with E-state index in [4.69, 9.17) is 0 Å². The number of anilines is 1. The van der Waals surface area contributed by atoms with Crippen molar-refractivity contribution < 1.29 is 4.39 Å². The van der Waals surface area contributed by atoms with Gasteiger partial charge in [0.1, 0.15) is 5.82 Å². The number of hydrogen-bond acceptors (Lipinski definition) is 2. The summed E-state index contributed by atoms with van der Waals surface area (Å²) in [5.74, 6) is 0.596. The van der Waals surface area contributed by atoms with Gasteiger partial charge in [-0.1, -0.05) is 12.2 Å². The fourth-order valence-electron chi connectivity index (χ4n) is 3.47. The summed E-state index contributed by atoms with van der Waals surface area (Å²) in [5, 5.41) is 3.58. The zero-order valence-corrected chi connectivity index (χ0v) is 11.0. The van der Waals surface area contributed by atoms with Crippen molar-refractivity contribution in [3.63, 3.8) is 0 Å². The molecule has 0 radical (unpaired) electrons. The molecule has 1 aliphatic carbocycles. The molecule has 100 valence electrons. The minimum absolute atomic E-state index is 0.160. The molecule has 0 saturated heterocycles. The van der Waals surface area contributed by atoms with Gasteiger partial charge in [-0.05, 0) is 53.8 Å². The highest BCUT2D eigenvalue weighted by molar-refractivity contribution is 5.59. The summed E-state index contributed by atoms with van der Waals surface area (Å²) >= 11 is 0. The Labute approximate surface area is 117 Å². The molecular weight excluding hydrogens is 251 g/mol. The topological polar surface area (TPSA) is 24.9 Å². The van der Waals surface area contributed by atoms with Crippen LogP contribution in [0.4, 0.5) is 10.1 Å². The zero-order chi connectivity index (χ0) is 13.5. The van der Waals surface area contributed by atoms with Crippen LogP contribution >= 0.6 is 0 Å². The van der Waals surface area contributed by atoms with Crippen LogP contribution in [0.5, 0.6) is 0 Å². The van der Waals surface area contributed by atoms with E-state index in [1.54, 1.807) is 6.07 Å². The van der Waals surface area contributed by atoms with E-state index in [1.807, 2.05) is 18.5 Å². The summed E-state index contributed by atoms with van der Waals surface area (Å²) in [6, 6.07) is 9.41. The standard InChI is InChI=1S/C17H15FN2/c18-12-4-5-16-15(10-12)13-2-1-3-14(13)17(20-16)11-6-8-19-9-7-11/h1-2,4-10,13-14,17,20H,3H2/t13-,14+,17+/m1/s1. The summed E-state index contributed by atoms with van der Waals surface area (Å²) in [6.07, 6.45) is 9.12. The Morgan fingerprint density at radius 3 is 2.85 bits per heavy atom. The zero-order valence-electron chi connectivity index (χ0n) is 11.0. The van der Waals surface area contributed by atoms with Crippen molar-refractivity contribution in [2.75, 3.05) is 5.32 Å². The molecule has 4 rings (SSSR count). The fraction of sp³-hybridized carbons (Fsp3) is 0.235. The van der Waals surface area contributed by atoms with Crippen molar-refractivity contribution >= 4 is 5.69 Å². The van der Waals surface area contributed by atoms with Gasteiger partial charge in [0.15, 0.2) is 0 Å². The van der Waals surface area contributed by atoms with Crippen molar-refractivity contribution in [1.29, 1.82) is 0 Å². The summed E-state index contributed by atoms with van der Waals surface area (Å²) in [6.45, 7) is 0. The first kappa shape index (κ1) is 11.6. The van der Waals surface area contributed by atoms with Gasteiger partial charge in [0, 0.05) is 24.0 Å². The van der Waals surface area contributed by atoms with E-state index in [0.717, 1.165) is 17.7 Å².